The van der Waals surface area contributed by atoms with E-state index in [4.69, 9.17) is 0 Å². The summed E-state index contributed by atoms with van der Waals surface area (Å²) >= 11 is 0. The smallest absolute Gasteiger partial charge is 0.313 e. The number of hydrogen-bond donors (Lipinski definition) is 2. The van der Waals surface area contributed by atoms with Gasteiger partial charge in [0.2, 0.25) is 0 Å². The average molecular weight is 382 g/mol. The number of carbonyl (C=O) groups is 2. The lowest BCUT2D eigenvalue weighted by atomic mass is 9.98. The van der Waals surface area contributed by atoms with E-state index < -0.39 is 11.8 Å². The van der Waals surface area contributed by atoms with E-state index in [1.807, 2.05) is 24.3 Å². The Hall–Kier alpha value is -2.43. The summed E-state index contributed by atoms with van der Waals surface area (Å²) in [4.78, 5) is 29.3. The van der Waals surface area contributed by atoms with Crippen LogP contribution in [-0.2, 0) is 9.59 Å². The second kappa shape index (κ2) is 10.8. The maximum Gasteiger partial charge on any atom is 0.313 e. The Balaban J connectivity index is 1.57. The van der Waals surface area contributed by atoms with Crippen LogP contribution in [-0.4, -0.2) is 22.8 Å². The van der Waals surface area contributed by atoms with Crippen LogP contribution in [0, 0.1) is 0 Å². The van der Waals surface area contributed by atoms with Crippen LogP contribution in [0.25, 0.3) is 10.9 Å². The van der Waals surface area contributed by atoms with Gasteiger partial charge in [0.05, 0.1) is 11.2 Å². The molecule has 0 spiro atoms. The number of hydrogen-bond acceptors (Lipinski definition) is 3. The topological polar surface area (TPSA) is 71.1 Å². The van der Waals surface area contributed by atoms with Gasteiger partial charge >= 0.3 is 11.8 Å². The molecule has 1 aromatic heterocycles. The SMILES string of the molecule is O=C(Nc1cccc2cccnc12)C(=O)NC1CCCCCCCCCCC1. The molecule has 2 amide bonds. The van der Waals surface area contributed by atoms with Gasteiger partial charge in [0.1, 0.15) is 0 Å². The normalized spacial score (nSPS) is 17.3. The molecule has 0 unspecified atom stereocenters. The number of carbonyl (C=O) groups excluding carboxylic acids is 2. The van der Waals surface area contributed by atoms with Gasteiger partial charge in [-0.15, -0.1) is 0 Å². The molecule has 5 heteroatoms. The largest absolute Gasteiger partial charge is 0.345 e. The van der Waals surface area contributed by atoms with E-state index in [1.165, 1.54) is 44.9 Å². The van der Waals surface area contributed by atoms with E-state index in [-0.39, 0.29) is 6.04 Å². The Bertz CT molecular complexity index is 773. The van der Waals surface area contributed by atoms with Crippen LogP contribution in [0.5, 0.6) is 0 Å². The summed E-state index contributed by atoms with van der Waals surface area (Å²) in [5.74, 6) is -1.17. The first-order valence-corrected chi connectivity index (χ1v) is 10.7. The van der Waals surface area contributed by atoms with Crippen LogP contribution in [0.4, 0.5) is 5.69 Å². The number of fused-ring (bicyclic) bond motifs is 1. The van der Waals surface area contributed by atoms with E-state index in [2.05, 4.69) is 15.6 Å². The van der Waals surface area contributed by atoms with E-state index in [0.717, 1.165) is 31.1 Å². The van der Waals surface area contributed by atoms with E-state index >= 15 is 0 Å². The summed E-state index contributed by atoms with van der Waals surface area (Å²) in [5.41, 5.74) is 1.26. The number of aromatic nitrogens is 1. The van der Waals surface area contributed by atoms with Crippen molar-refractivity contribution in [1.29, 1.82) is 0 Å². The molecule has 5 nitrogen and oxygen atoms in total. The number of benzene rings is 1. The van der Waals surface area contributed by atoms with Gasteiger partial charge in [-0.3, -0.25) is 14.6 Å². The zero-order valence-corrected chi connectivity index (χ0v) is 16.6. The maximum atomic E-state index is 12.5. The van der Waals surface area contributed by atoms with Crippen LogP contribution in [0.1, 0.15) is 70.6 Å². The molecule has 1 aliphatic rings. The van der Waals surface area contributed by atoms with Gasteiger partial charge in [0.15, 0.2) is 0 Å². The molecule has 1 aliphatic carbocycles. The van der Waals surface area contributed by atoms with Gasteiger partial charge in [0, 0.05) is 17.6 Å². The van der Waals surface area contributed by atoms with Gasteiger partial charge in [-0.2, -0.15) is 0 Å². The number of nitrogens with zero attached hydrogens (tertiary/aromatic N) is 1. The van der Waals surface area contributed by atoms with Gasteiger partial charge < -0.3 is 10.6 Å². The molecule has 1 aromatic carbocycles. The third-order valence-electron chi connectivity index (χ3n) is 5.53. The van der Waals surface area contributed by atoms with Crippen molar-refractivity contribution in [3.63, 3.8) is 0 Å². The highest BCUT2D eigenvalue weighted by atomic mass is 16.2. The van der Waals surface area contributed by atoms with Crippen molar-refractivity contribution in [2.45, 2.75) is 76.7 Å². The quantitative estimate of drug-likeness (QED) is 0.722. The van der Waals surface area contributed by atoms with Crippen LogP contribution in [0.2, 0.25) is 0 Å². The molecule has 1 heterocycles. The Morgan fingerprint density at radius 2 is 1.39 bits per heavy atom. The minimum absolute atomic E-state index is 0.0864. The van der Waals surface area contributed by atoms with Gasteiger partial charge in [-0.05, 0) is 25.0 Å². The molecule has 0 radical (unpaired) electrons. The van der Waals surface area contributed by atoms with Crippen molar-refractivity contribution in [2.24, 2.45) is 0 Å². The molecular formula is C23H31N3O2. The summed E-state index contributed by atoms with van der Waals surface area (Å²) in [6, 6.07) is 9.43. The summed E-state index contributed by atoms with van der Waals surface area (Å²) in [5, 5.41) is 6.63. The fourth-order valence-corrected chi connectivity index (χ4v) is 3.94. The van der Waals surface area contributed by atoms with Crippen molar-refractivity contribution in [1.82, 2.24) is 10.3 Å². The monoisotopic (exact) mass is 381 g/mol. The van der Waals surface area contributed by atoms with Crippen LogP contribution < -0.4 is 10.6 Å². The molecule has 28 heavy (non-hydrogen) atoms. The lowest BCUT2D eigenvalue weighted by Gasteiger charge is -2.19. The summed E-state index contributed by atoms with van der Waals surface area (Å²) in [6.45, 7) is 0. The molecule has 3 rings (SSSR count). The highest BCUT2D eigenvalue weighted by Crippen LogP contribution is 2.21. The number of rotatable bonds is 2. The molecule has 1 saturated carbocycles. The highest BCUT2D eigenvalue weighted by Gasteiger charge is 2.19. The third-order valence-corrected chi connectivity index (χ3v) is 5.53. The van der Waals surface area contributed by atoms with Crippen molar-refractivity contribution in [3.05, 3.63) is 36.5 Å². The van der Waals surface area contributed by atoms with E-state index in [9.17, 15) is 9.59 Å². The number of para-hydroxylation sites is 1. The molecule has 150 valence electrons. The second-order valence-electron chi connectivity index (χ2n) is 7.76. The minimum atomic E-state index is -0.621. The first-order chi connectivity index (χ1) is 13.7. The number of nitrogens with one attached hydrogen (secondary N) is 2. The van der Waals surface area contributed by atoms with Crippen molar-refractivity contribution < 1.29 is 9.59 Å². The predicted octanol–water partition coefficient (Wildman–Crippen LogP) is 4.96. The average Bonchev–Trinajstić information content (AvgIpc) is 2.70. The molecule has 2 aromatic rings. The van der Waals surface area contributed by atoms with Gasteiger partial charge in [-0.25, -0.2) is 0 Å². The standard InChI is InChI=1S/C23H31N3O2/c27-22(25-19-14-8-6-4-2-1-3-5-7-9-15-19)23(28)26-20-16-10-12-18-13-11-17-24-21(18)20/h10-13,16-17,19H,1-9,14-15H2,(H,25,27)(H,26,28). The summed E-state index contributed by atoms with van der Waals surface area (Å²) in [7, 11) is 0. The Morgan fingerprint density at radius 1 is 0.786 bits per heavy atom. The second-order valence-corrected chi connectivity index (χ2v) is 7.76. The van der Waals surface area contributed by atoms with Gasteiger partial charge in [0.25, 0.3) is 0 Å². The molecule has 0 saturated heterocycles. The molecular weight excluding hydrogens is 350 g/mol. The minimum Gasteiger partial charge on any atom is -0.345 e. The number of anilines is 1. The first-order valence-electron chi connectivity index (χ1n) is 10.7. The zero-order valence-electron chi connectivity index (χ0n) is 16.6. The highest BCUT2D eigenvalue weighted by molar-refractivity contribution is 6.40. The van der Waals surface area contributed by atoms with Crippen molar-refractivity contribution in [2.75, 3.05) is 5.32 Å². The Morgan fingerprint density at radius 3 is 2.07 bits per heavy atom. The maximum absolute atomic E-state index is 12.5. The zero-order chi connectivity index (χ0) is 19.6. The third kappa shape index (κ3) is 6.04. The lowest BCUT2D eigenvalue weighted by Crippen LogP contribution is -2.42. The molecule has 2 N–H and O–H groups in total. The number of pyridine rings is 1. The summed E-state index contributed by atoms with van der Waals surface area (Å²) in [6.07, 6.45) is 14.8. The fraction of sp³-hybridized carbons (Fsp3) is 0.522. The lowest BCUT2D eigenvalue weighted by molar-refractivity contribution is -0.136. The van der Waals surface area contributed by atoms with Crippen molar-refractivity contribution in [3.8, 4) is 0 Å². The molecule has 0 bridgehead atoms. The first kappa shape index (κ1) is 20.3. The molecule has 0 atom stereocenters. The van der Waals surface area contributed by atoms with Crippen LogP contribution in [0.3, 0.4) is 0 Å². The van der Waals surface area contributed by atoms with E-state index in [1.54, 1.807) is 12.3 Å². The Labute approximate surface area is 167 Å². The number of amides is 2. The summed E-state index contributed by atoms with van der Waals surface area (Å²) < 4.78 is 0. The molecule has 0 aliphatic heterocycles. The fourth-order valence-electron chi connectivity index (χ4n) is 3.94. The van der Waals surface area contributed by atoms with Gasteiger partial charge in [-0.1, -0.05) is 76.0 Å². The van der Waals surface area contributed by atoms with E-state index in [0.29, 0.717) is 11.2 Å². The predicted molar refractivity (Wildman–Crippen MR) is 113 cm³/mol. The van der Waals surface area contributed by atoms with Crippen LogP contribution >= 0.6 is 0 Å². The van der Waals surface area contributed by atoms with Crippen LogP contribution in [0.15, 0.2) is 36.5 Å². The Kier molecular flexibility index (Phi) is 7.82. The molecule has 1 fully saturated rings. The van der Waals surface area contributed by atoms with Crippen molar-refractivity contribution >= 4 is 28.4 Å².